The molecule has 0 aliphatic carbocycles. The molecule has 3 aliphatic rings. The van der Waals surface area contributed by atoms with Crippen molar-refractivity contribution in [3.63, 3.8) is 0 Å². The molecule has 0 bridgehead atoms. The summed E-state index contributed by atoms with van der Waals surface area (Å²) in [6.07, 6.45) is 7.91. The van der Waals surface area contributed by atoms with Gasteiger partial charge in [-0.15, -0.1) is 0 Å². The minimum atomic E-state index is -1.78. The number of carbonyl (C=O) groups is 2. The predicted octanol–water partition coefficient (Wildman–Crippen LogP) is 1.31. The lowest BCUT2D eigenvalue weighted by atomic mass is 9.68. The second kappa shape index (κ2) is 8.00. The van der Waals surface area contributed by atoms with Gasteiger partial charge in [0.1, 0.15) is 5.92 Å². The molecule has 2 fully saturated rings. The fourth-order valence-electron chi connectivity index (χ4n) is 4.64. The maximum atomic E-state index is 13.6. The number of fused-ring (bicyclic) bond motifs is 1. The van der Waals surface area contributed by atoms with E-state index in [0.29, 0.717) is 6.54 Å². The van der Waals surface area contributed by atoms with Crippen molar-refractivity contribution < 1.29 is 28.7 Å². The van der Waals surface area contributed by atoms with Crippen molar-refractivity contribution in [3.8, 4) is 0 Å². The van der Waals surface area contributed by atoms with Crippen molar-refractivity contribution in [1.82, 2.24) is 4.90 Å². The maximum Gasteiger partial charge on any atom is 0.322 e. The molecule has 1 amide bonds. The molecule has 0 spiro atoms. The average Bonchev–Trinajstić information content (AvgIpc) is 3.24. The van der Waals surface area contributed by atoms with Crippen molar-refractivity contribution in [1.29, 1.82) is 0 Å². The van der Waals surface area contributed by atoms with Crippen LogP contribution in [0.25, 0.3) is 0 Å². The topological polar surface area (TPSA) is 108 Å². The minimum Gasteiger partial charge on any atom is -0.468 e. The molecule has 0 radical (unpaired) electrons. The number of nitrogens with zero attached hydrogens (tertiary/aromatic N) is 2. The van der Waals surface area contributed by atoms with E-state index in [-0.39, 0.29) is 25.7 Å². The van der Waals surface area contributed by atoms with Crippen LogP contribution in [0.4, 0.5) is 0 Å². The van der Waals surface area contributed by atoms with E-state index in [1.165, 1.54) is 13.2 Å². The van der Waals surface area contributed by atoms with Gasteiger partial charge in [-0.05, 0) is 31.8 Å². The molecule has 3 aliphatic heterocycles. The largest absolute Gasteiger partial charge is 0.468 e. The number of carbonyl (C=O) groups excluding carboxylic acids is 2. The quantitative estimate of drug-likeness (QED) is 0.220. The number of ether oxygens (including phenoxy) is 3. The first-order valence-electron chi connectivity index (χ1n) is 9.50. The zero-order valence-corrected chi connectivity index (χ0v) is 16.0. The van der Waals surface area contributed by atoms with Crippen molar-refractivity contribution in [2.45, 2.75) is 37.5 Å². The number of rotatable bonds is 6. The number of hydrogen-bond acceptors (Lipinski definition) is 7. The van der Waals surface area contributed by atoms with Gasteiger partial charge in [0.2, 0.25) is 12.5 Å². The van der Waals surface area contributed by atoms with Gasteiger partial charge >= 0.3 is 5.97 Å². The Hall–Kier alpha value is -2.26. The second-order valence-corrected chi connectivity index (χ2v) is 7.35. The van der Waals surface area contributed by atoms with Crippen molar-refractivity contribution in [2.24, 2.45) is 11.3 Å². The van der Waals surface area contributed by atoms with Crippen LogP contribution in [0.15, 0.2) is 24.8 Å². The highest BCUT2D eigenvalue weighted by atomic mass is 16.7. The molecular formula is C19H26N2O7. The van der Waals surface area contributed by atoms with Gasteiger partial charge in [-0.1, -0.05) is 18.7 Å². The molecule has 0 aromatic carbocycles. The van der Waals surface area contributed by atoms with Crippen LogP contribution >= 0.6 is 0 Å². The maximum absolute atomic E-state index is 13.6. The Kier molecular flexibility index (Phi) is 5.85. The molecule has 0 aromatic heterocycles. The van der Waals surface area contributed by atoms with Crippen LogP contribution < -0.4 is 0 Å². The van der Waals surface area contributed by atoms with Gasteiger partial charge in [-0.2, -0.15) is 0 Å². The minimum absolute atomic E-state index is 0.0792. The number of allylic oxidation sites excluding steroid dienone is 1. The van der Waals surface area contributed by atoms with E-state index in [2.05, 4.69) is 6.58 Å². The van der Waals surface area contributed by atoms with Crippen LogP contribution in [-0.4, -0.2) is 66.9 Å². The van der Waals surface area contributed by atoms with Gasteiger partial charge in [0.15, 0.2) is 11.2 Å². The van der Waals surface area contributed by atoms with Crippen LogP contribution in [0.1, 0.15) is 25.7 Å². The van der Waals surface area contributed by atoms with E-state index in [1.807, 2.05) is 12.2 Å². The lowest BCUT2D eigenvalue weighted by Gasteiger charge is -2.39. The Labute approximate surface area is 163 Å². The molecular weight excluding hydrogens is 368 g/mol. The van der Waals surface area contributed by atoms with Gasteiger partial charge in [0, 0.05) is 11.5 Å². The molecule has 3 heterocycles. The third-order valence-corrected chi connectivity index (χ3v) is 5.94. The van der Waals surface area contributed by atoms with E-state index in [1.54, 1.807) is 4.90 Å². The van der Waals surface area contributed by atoms with Crippen molar-refractivity contribution in [3.05, 3.63) is 34.9 Å². The molecule has 2 saturated heterocycles. The second-order valence-electron chi connectivity index (χ2n) is 7.35. The van der Waals surface area contributed by atoms with Crippen LogP contribution in [0.5, 0.6) is 0 Å². The summed E-state index contributed by atoms with van der Waals surface area (Å²) in [6.45, 7) is 3.90. The summed E-state index contributed by atoms with van der Waals surface area (Å²) in [7, 11) is 1.18. The van der Waals surface area contributed by atoms with Gasteiger partial charge in [-0.3, -0.25) is 19.7 Å². The highest BCUT2D eigenvalue weighted by Crippen LogP contribution is 2.51. The van der Waals surface area contributed by atoms with E-state index in [9.17, 15) is 19.7 Å². The monoisotopic (exact) mass is 394 g/mol. The zero-order valence-electron chi connectivity index (χ0n) is 16.0. The number of methoxy groups -OCH3 is 1. The SMILES string of the molecule is C=CC1(C(C[N+](=O)[O-])C2(C(=O)OC)C[C@@H]3/C=C\CCCCN3C2=O)OCCO1. The zero-order chi connectivity index (χ0) is 20.4. The van der Waals surface area contributed by atoms with E-state index < -0.39 is 40.5 Å². The highest BCUT2D eigenvalue weighted by molar-refractivity contribution is 6.05. The summed E-state index contributed by atoms with van der Waals surface area (Å²) >= 11 is 0. The molecule has 28 heavy (non-hydrogen) atoms. The van der Waals surface area contributed by atoms with Crippen LogP contribution in [0.3, 0.4) is 0 Å². The Morgan fingerprint density at radius 1 is 1.50 bits per heavy atom. The fraction of sp³-hybridized carbons (Fsp3) is 0.684. The normalized spacial score (nSPS) is 31.4. The molecule has 0 saturated carbocycles. The highest BCUT2D eigenvalue weighted by Gasteiger charge is 2.68. The summed E-state index contributed by atoms with van der Waals surface area (Å²) in [6, 6.07) is -0.329. The number of esters is 1. The first-order chi connectivity index (χ1) is 13.4. The standard InChI is InChI=1S/C19H26N2O7/c1-3-19(27-10-11-28-19)15(13-21(24)25)18(17(23)26-2)12-14-8-6-4-5-7-9-20(14)16(18)22/h3,6,8,14-15H,1,4-5,7,9-13H2,2H3/b8-6-/t14-,15?,18?/m0/s1. The van der Waals surface area contributed by atoms with Crippen molar-refractivity contribution >= 4 is 11.9 Å². The molecule has 3 atom stereocenters. The third kappa shape index (κ3) is 3.22. The average molecular weight is 394 g/mol. The molecule has 154 valence electrons. The van der Waals surface area contributed by atoms with Gasteiger partial charge < -0.3 is 19.1 Å². The summed E-state index contributed by atoms with van der Waals surface area (Å²) in [5.41, 5.74) is -1.78. The predicted molar refractivity (Wildman–Crippen MR) is 97.7 cm³/mol. The van der Waals surface area contributed by atoms with Gasteiger partial charge in [0.05, 0.1) is 26.4 Å². The smallest absolute Gasteiger partial charge is 0.322 e. The van der Waals surface area contributed by atoms with E-state index in [0.717, 1.165) is 19.3 Å². The summed E-state index contributed by atoms with van der Waals surface area (Å²) < 4.78 is 16.4. The number of hydrogen-bond donors (Lipinski definition) is 0. The first-order valence-corrected chi connectivity index (χ1v) is 9.50. The van der Waals surface area contributed by atoms with Crippen LogP contribution in [0, 0.1) is 21.4 Å². The molecule has 9 heteroatoms. The van der Waals surface area contributed by atoms with E-state index >= 15 is 0 Å². The summed E-state index contributed by atoms with van der Waals surface area (Å²) in [5, 5.41) is 11.5. The van der Waals surface area contributed by atoms with Gasteiger partial charge in [-0.25, -0.2) is 0 Å². The summed E-state index contributed by atoms with van der Waals surface area (Å²) in [5.74, 6) is -4.06. The Morgan fingerprint density at radius 2 is 2.21 bits per heavy atom. The molecule has 9 nitrogen and oxygen atoms in total. The van der Waals surface area contributed by atoms with Crippen molar-refractivity contribution in [2.75, 3.05) is 33.4 Å². The number of amides is 1. The third-order valence-electron chi connectivity index (χ3n) is 5.94. The molecule has 3 rings (SSSR count). The Bertz CT molecular complexity index is 686. The lowest BCUT2D eigenvalue weighted by Crippen LogP contribution is -2.57. The molecule has 2 unspecified atom stereocenters. The molecule has 0 N–H and O–H groups in total. The fourth-order valence-corrected chi connectivity index (χ4v) is 4.64. The summed E-state index contributed by atoms with van der Waals surface area (Å²) in [4.78, 5) is 39.2. The molecule has 0 aromatic rings. The van der Waals surface area contributed by atoms with Crippen LogP contribution in [0.2, 0.25) is 0 Å². The van der Waals surface area contributed by atoms with Crippen LogP contribution in [-0.2, 0) is 23.8 Å². The Morgan fingerprint density at radius 3 is 2.82 bits per heavy atom. The van der Waals surface area contributed by atoms with E-state index in [4.69, 9.17) is 14.2 Å². The lowest BCUT2D eigenvalue weighted by molar-refractivity contribution is -0.499. The van der Waals surface area contributed by atoms with Gasteiger partial charge in [0.25, 0.3) is 0 Å². The first kappa shape index (κ1) is 20.5. The number of nitro groups is 1. The Balaban J connectivity index is 2.13.